The van der Waals surface area contributed by atoms with Crippen molar-refractivity contribution in [3.8, 4) is 0 Å². The van der Waals surface area contributed by atoms with Crippen LogP contribution in [0.25, 0.3) is 0 Å². The largest absolute Gasteiger partial charge is 0.306 e. The van der Waals surface area contributed by atoms with E-state index in [1.165, 1.54) is 25.7 Å². The van der Waals surface area contributed by atoms with Crippen molar-refractivity contribution in [1.82, 2.24) is 0 Å². The van der Waals surface area contributed by atoms with Crippen LogP contribution >= 0.6 is 0 Å². The van der Waals surface area contributed by atoms with Gasteiger partial charge in [-0.3, -0.25) is 0 Å². The van der Waals surface area contributed by atoms with E-state index in [1.807, 2.05) is 0 Å². The maximum atomic E-state index is 11.0. The minimum atomic E-state index is -1.59. The standard InChI is InChI=1S/C11H22O2S/c1-10-6-2-4-8-11(14(12)13)9-5-3-7-10/h10-11H,2-9H2,1H3,(H,12,13). The molecule has 1 aliphatic rings. The van der Waals surface area contributed by atoms with Crippen LogP contribution in [0.4, 0.5) is 0 Å². The van der Waals surface area contributed by atoms with E-state index in [1.54, 1.807) is 0 Å². The van der Waals surface area contributed by atoms with Gasteiger partial charge in [0.1, 0.15) is 0 Å². The van der Waals surface area contributed by atoms with Gasteiger partial charge in [-0.25, -0.2) is 4.21 Å². The molecular formula is C11H22O2S. The molecular weight excluding hydrogens is 196 g/mol. The highest BCUT2D eigenvalue weighted by Crippen LogP contribution is 2.22. The lowest BCUT2D eigenvalue weighted by molar-refractivity contribution is 0.410. The van der Waals surface area contributed by atoms with Crippen LogP contribution in [0.2, 0.25) is 0 Å². The van der Waals surface area contributed by atoms with E-state index in [2.05, 4.69) is 6.92 Å². The molecule has 0 aliphatic heterocycles. The monoisotopic (exact) mass is 218 g/mol. The summed E-state index contributed by atoms with van der Waals surface area (Å²) in [7, 11) is 0. The second-order valence-corrected chi connectivity index (χ2v) is 5.79. The van der Waals surface area contributed by atoms with Gasteiger partial charge in [0.2, 0.25) is 0 Å². The van der Waals surface area contributed by atoms with Crippen molar-refractivity contribution >= 4 is 11.1 Å². The van der Waals surface area contributed by atoms with Gasteiger partial charge in [0.25, 0.3) is 0 Å². The lowest BCUT2D eigenvalue weighted by Gasteiger charge is -2.17. The lowest BCUT2D eigenvalue weighted by atomic mass is 9.94. The molecule has 0 aromatic rings. The van der Waals surface area contributed by atoms with Crippen molar-refractivity contribution in [2.75, 3.05) is 0 Å². The molecule has 0 radical (unpaired) electrons. The van der Waals surface area contributed by atoms with Crippen molar-refractivity contribution in [1.29, 1.82) is 0 Å². The Morgan fingerprint density at radius 2 is 1.43 bits per heavy atom. The summed E-state index contributed by atoms with van der Waals surface area (Å²) >= 11 is -1.59. The summed E-state index contributed by atoms with van der Waals surface area (Å²) < 4.78 is 20.1. The molecule has 0 aromatic carbocycles. The first-order chi connectivity index (χ1) is 6.70. The van der Waals surface area contributed by atoms with Crippen LogP contribution in [0.15, 0.2) is 0 Å². The van der Waals surface area contributed by atoms with E-state index in [4.69, 9.17) is 4.55 Å². The second kappa shape index (κ2) is 6.57. The molecule has 0 amide bonds. The van der Waals surface area contributed by atoms with Gasteiger partial charge < -0.3 is 4.55 Å². The fourth-order valence-electron chi connectivity index (χ4n) is 2.22. The fourth-order valence-corrected chi connectivity index (χ4v) is 2.96. The molecule has 14 heavy (non-hydrogen) atoms. The SMILES string of the molecule is CC1CCCCC(S(=O)O)CCCC1. The zero-order valence-electron chi connectivity index (χ0n) is 9.08. The molecule has 2 nitrogen and oxygen atoms in total. The van der Waals surface area contributed by atoms with Crippen LogP contribution in [-0.4, -0.2) is 14.0 Å². The van der Waals surface area contributed by atoms with Gasteiger partial charge in [-0.05, 0) is 18.8 Å². The molecule has 0 saturated heterocycles. The summed E-state index contributed by atoms with van der Waals surface area (Å²) in [4.78, 5) is 0. The first-order valence-corrected chi connectivity index (χ1v) is 6.97. The van der Waals surface area contributed by atoms with Gasteiger partial charge in [-0.1, -0.05) is 45.4 Å². The molecule has 1 atom stereocenters. The van der Waals surface area contributed by atoms with Crippen molar-refractivity contribution in [2.45, 2.75) is 63.5 Å². The van der Waals surface area contributed by atoms with Crippen molar-refractivity contribution in [2.24, 2.45) is 5.92 Å². The highest BCUT2D eigenvalue weighted by molar-refractivity contribution is 7.79. The molecule has 1 N–H and O–H groups in total. The normalized spacial score (nSPS) is 33.6. The number of hydrogen-bond donors (Lipinski definition) is 1. The topological polar surface area (TPSA) is 37.3 Å². The average molecular weight is 218 g/mol. The predicted molar refractivity (Wildman–Crippen MR) is 60.7 cm³/mol. The second-order valence-electron chi connectivity index (χ2n) is 4.57. The maximum Gasteiger partial charge on any atom is 0.155 e. The van der Waals surface area contributed by atoms with Crippen molar-refractivity contribution < 1.29 is 8.76 Å². The zero-order chi connectivity index (χ0) is 10.4. The summed E-state index contributed by atoms with van der Waals surface area (Å²) in [5.74, 6) is 0.853. The minimum Gasteiger partial charge on any atom is -0.306 e. The van der Waals surface area contributed by atoms with Crippen LogP contribution in [0.5, 0.6) is 0 Å². The van der Waals surface area contributed by atoms with E-state index in [0.29, 0.717) is 0 Å². The van der Waals surface area contributed by atoms with Crippen LogP contribution in [-0.2, 0) is 11.1 Å². The molecule has 84 valence electrons. The van der Waals surface area contributed by atoms with Gasteiger partial charge in [-0.15, -0.1) is 0 Å². The third kappa shape index (κ3) is 4.56. The highest BCUT2D eigenvalue weighted by Gasteiger charge is 2.16. The minimum absolute atomic E-state index is 0.0448. The van der Waals surface area contributed by atoms with Crippen LogP contribution in [0.3, 0.4) is 0 Å². The zero-order valence-corrected chi connectivity index (χ0v) is 9.89. The van der Waals surface area contributed by atoms with Crippen LogP contribution in [0.1, 0.15) is 58.3 Å². The van der Waals surface area contributed by atoms with Gasteiger partial charge in [0.15, 0.2) is 11.1 Å². The molecule has 0 spiro atoms. The molecule has 0 heterocycles. The summed E-state index contributed by atoms with van der Waals surface area (Å²) in [5, 5.41) is 0.0448. The molecule has 0 aromatic heterocycles. The Morgan fingerprint density at radius 3 is 1.86 bits per heavy atom. The Kier molecular flexibility index (Phi) is 5.71. The smallest absolute Gasteiger partial charge is 0.155 e. The predicted octanol–water partition coefficient (Wildman–Crippen LogP) is 3.35. The molecule has 1 aliphatic carbocycles. The van der Waals surface area contributed by atoms with Gasteiger partial charge >= 0.3 is 0 Å². The summed E-state index contributed by atoms with van der Waals surface area (Å²) in [6.07, 6.45) is 9.19. The third-order valence-electron chi connectivity index (χ3n) is 3.23. The maximum absolute atomic E-state index is 11.0. The van der Waals surface area contributed by atoms with Gasteiger partial charge in [-0.2, -0.15) is 0 Å². The van der Waals surface area contributed by atoms with E-state index in [0.717, 1.165) is 31.6 Å². The Labute approximate surface area is 89.8 Å². The molecule has 3 heteroatoms. The third-order valence-corrected chi connectivity index (χ3v) is 4.27. The van der Waals surface area contributed by atoms with Crippen molar-refractivity contribution in [3.63, 3.8) is 0 Å². The van der Waals surface area contributed by atoms with E-state index < -0.39 is 11.1 Å². The Bertz CT molecular complexity index is 170. The molecule has 1 fully saturated rings. The molecule has 1 rings (SSSR count). The van der Waals surface area contributed by atoms with E-state index in [-0.39, 0.29) is 5.25 Å². The van der Waals surface area contributed by atoms with E-state index in [9.17, 15) is 4.21 Å². The Balaban J connectivity index is 2.35. The van der Waals surface area contributed by atoms with Crippen LogP contribution < -0.4 is 0 Å². The fraction of sp³-hybridized carbons (Fsp3) is 1.00. The number of rotatable bonds is 1. The van der Waals surface area contributed by atoms with Gasteiger partial charge in [0.05, 0.1) is 5.25 Å². The lowest BCUT2D eigenvalue weighted by Crippen LogP contribution is -2.15. The summed E-state index contributed by atoms with van der Waals surface area (Å²) in [6, 6.07) is 0. The first-order valence-electron chi connectivity index (χ1n) is 5.80. The average Bonchev–Trinajstić information content (AvgIpc) is 2.15. The highest BCUT2D eigenvalue weighted by atomic mass is 32.2. The Morgan fingerprint density at radius 1 is 1.00 bits per heavy atom. The van der Waals surface area contributed by atoms with E-state index >= 15 is 0 Å². The van der Waals surface area contributed by atoms with Crippen molar-refractivity contribution in [3.05, 3.63) is 0 Å². The summed E-state index contributed by atoms with van der Waals surface area (Å²) in [6.45, 7) is 2.32. The van der Waals surface area contributed by atoms with Crippen LogP contribution in [0, 0.1) is 5.92 Å². The van der Waals surface area contributed by atoms with Gasteiger partial charge in [0, 0.05) is 0 Å². The Hall–Kier alpha value is 0.110. The first kappa shape index (κ1) is 12.2. The quantitative estimate of drug-likeness (QED) is 0.685. The molecule has 1 unspecified atom stereocenters. The number of hydrogen-bond acceptors (Lipinski definition) is 1. The summed E-state index contributed by atoms with van der Waals surface area (Å²) in [5.41, 5.74) is 0. The molecule has 1 saturated carbocycles. The molecule has 0 bridgehead atoms.